The molecule has 0 fully saturated rings. The normalized spacial score (nSPS) is 11.8. The highest BCUT2D eigenvalue weighted by Gasteiger charge is 2.12. The summed E-state index contributed by atoms with van der Waals surface area (Å²) in [6, 6.07) is 14.3. The van der Waals surface area contributed by atoms with Gasteiger partial charge in [0.15, 0.2) is 0 Å². The Kier molecular flexibility index (Phi) is 1.72. The zero-order valence-electron chi connectivity index (χ0n) is 8.83. The molecule has 0 saturated carbocycles. The van der Waals surface area contributed by atoms with Crippen molar-refractivity contribution in [3.8, 4) is 0 Å². The van der Waals surface area contributed by atoms with Crippen molar-refractivity contribution in [2.75, 3.05) is 0 Å². The zero-order valence-corrected chi connectivity index (χ0v) is 10.4. The first-order valence-corrected chi connectivity index (χ1v) is 6.21. The van der Waals surface area contributed by atoms with Crippen LogP contribution in [0, 0.1) is 0 Å². The maximum Gasteiger partial charge on any atom is 0.206 e. The number of aromatic nitrogens is 1. The van der Waals surface area contributed by atoms with Gasteiger partial charge in [-0.15, -0.1) is 0 Å². The van der Waals surface area contributed by atoms with Gasteiger partial charge in [-0.05, 0) is 24.3 Å². The Bertz CT molecular complexity index is 856. The van der Waals surface area contributed by atoms with Gasteiger partial charge in [-0.2, -0.15) is 0 Å². The fraction of sp³-hybridized carbons (Fsp3) is 0. The first-order valence-electron chi connectivity index (χ1n) is 5.41. The fourth-order valence-corrected chi connectivity index (χ4v) is 2.72. The van der Waals surface area contributed by atoms with Gasteiger partial charge in [0.1, 0.15) is 5.58 Å². The molecular weight excluding hydrogens is 278 g/mol. The second-order valence-corrected chi connectivity index (χ2v) is 5.03. The molecule has 4 rings (SSSR count). The molecule has 4 aromatic rings. The zero-order chi connectivity index (χ0) is 11.4. The molecule has 0 unspecified atom stereocenters. The lowest BCUT2D eigenvalue weighted by Gasteiger charge is -1.92. The van der Waals surface area contributed by atoms with E-state index in [2.05, 4.69) is 39.1 Å². The van der Waals surface area contributed by atoms with Crippen molar-refractivity contribution < 1.29 is 4.42 Å². The van der Waals surface area contributed by atoms with E-state index in [1.807, 2.05) is 24.3 Å². The van der Waals surface area contributed by atoms with E-state index in [9.17, 15) is 0 Å². The molecule has 0 spiro atoms. The van der Waals surface area contributed by atoms with Crippen molar-refractivity contribution in [3.05, 3.63) is 46.9 Å². The number of nitrogens with one attached hydrogen (secondary N) is 1. The van der Waals surface area contributed by atoms with Crippen molar-refractivity contribution >= 4 is 48.9 Å². The van der Waals surface area contributed by atoms with Gasteiger partial charge < -0.3 is 9.40 Å². The molecule has 0 aliphatic rings. The van der Waals surface area contributed by atoms with Gasteiger partial charge in [-0.25, -0.2) is 0 Å². The minimum atomic E-state index is 0.847. The van der Waals surface area contributed by atoms with E-state index in [4.69, 9.17) is 4.42 Å². The van der Waals surface area contributed by atoms with Crippen LogP contribution in [0.25, 0.3) is 33.0 Å². The van der Waals surface area contributed by atoms with E-state index in [1.54, 1.807) is 0 Å². The van der Waals surface area contributed by atoms with Crippen LogP contribution in [0.2, 0.25) is 0 Å². The highest BCUT2D eigenvalue weighted by molar-refractivity contribution is 9.10. The molecule has 2 heterocycles. The van der Waals surface area contributed by atoms with Gasteiger partial charge in [0.05, 0.1) is 5.39 Å². The third-order valence-corrected chi connectivity index (χ3v) is 3.59. The molecule has 2 aromatic carbocycles. The van der Waals surface area contributed by atoms with E-state index in [1.165, 1.54) is 5.39 Å². The first-order chi connectivity index (χ1) is 8.33. The van der Waals surface area contributed by atoms with Crippen LogP contribution in [-0.2, 0) is 0 Å². The van der Waals surface area contributed by atoms with Gasteiger partial charge in [-0.3, -0.25) is 0 Å². The Labute approximate surface area is 105 Å². The third-order valence-electron chi connectivity index (χ3n) is 3.09. The van der Waals surface area contributed by atoms with Crippen molar-refractivity contribution in [3.63, 3.8) is 0 Å². The van der Waals surface area contributed by atoms with Crippen LogP contribution in [0.5, 0.6) is 0 Å². The van der Waals surface area contributed by atoms with E-state index in [0.717, 1.165) is 32.1 Å². The molecule has 1 N–H and O–H groups in total. The van der Waals surface area contributed by atoms with Crippen LogP contribution in [0.15, 0.2) is 51.4 Å². The number of aromatic amines is 1. The summed E-state index contributed by atoms with van der Waals surface area (Å²) in [5.41, 5.74) is 2.88. The predicted molar refractivity (Wildman–Crippen MR) is 73.3 cm³/mol. The SMILES string of the molecule is Brc1ccc2oc3[nH]c4ccccc4c3c2c1. The van der Waals surface area contributed by atoms with E-state index >= 15 is 0 Å². The lowest BCUT2D eigenvalue weighted by molar-refractivity contribution is 0.657. The lowest BCUT2D eigenvalue weighted by Crippen LogP contribution is -1.68. The van der Waals surface area contributed by atoms with Crippen LogP contribution < -0.4 is 0 Å². The van der Waals surface area contributed by atoms with Crippen molar-refractivity contribution in [2.45, 2.75) is 0 Å². The van der Waals surface area contributed by atoms with E-state index in [0.29, 0.717) is 0 Å². The Balaban J connectivity index is 2.33. The number of furan rings is 1. The van der Waals surface area contributed by atoms with Gasteiger partial charge in [0.25, 0.3) is 0 Å². The predicted octanol–water partition coefficient (Wildman–Crippen LogP) is 4.83. The maximum absolute atomic E-state index is 5.82. The topological polar surface area (TPSA) is 28.9 Å². The standard InChI is InChI=1S/C14H8BrNO/c15-8-5-6-12-10(7-8)13-9-3-1-2-4-11(9)16-14(13)17-12/h1-7,16H. The van der Waals surface area contributed by atoms with Crippen LogP contribution in [0.4, 0.5) is 0 Å². The lowest BCUT2D eigenvalue weighted by atomic mass is 10.1. The van der Waals surface area contributed by atoms with Gasteiger partial charge >= 0.3 is 0 Å². The number of rotatable bonds is 0. The van der Waals surface area contributed by atoms with Gasteiger partial charge in [-0.1, -0.05) is 34.1 Å². The summed E-state index contributed by atoms with van der Waals surface area (Å²) in [4.78, 5) is 3.30. The largest absolute Gasteiger partial charge is 0.440 e. The molecule has 0 aliphatic heterocycles. The smallest absolute Gasteiger partial charge is 0.206 e. The average molecular weight is 286 g/mol. The number of hydrogen-bond donors (Lipinski definition) is 1. The minimum absolute atomic E-state index is 0.847. The van der Waals surface area contributed by atoms with Crippen molar-refractivity contribution in [2.24, 2.45) is 0 Å². The summed E-state index contributed by atoms with van der Waals surface area (Å²) in [7, 11) is 0. The quantitative estimate of drug-likeness (QED) is 0.493. The molecule has 2 aromatic heterocycles. The molecule has 0 radical (unpaired) electrons. The molecule has 2 nitrogen and oxygen atoms in total. The Morgan fingerprint density at radius 3 is 2.82 bits per heavy atom. The van der Waals surface area contributed by atoms with Crippen molar-refractivity contribution in [1.82, 2.24) is 4.98 Å². The molecule has 0 aliphatic carbocycles. The Morgan fingerprint density at radius 2 is 1.88 bits per heavy atom. The summed E-state index contributed by atoms with van der Waals surface area (Å²) >= 11 is 3.50. The molecule has 0 saturated heterocycles. The summed E-state index contributed by atoms with van der Waals surface area (Å²) < 4.78 is 6.88. The second-order valence-electron chi connectivity index (χ2n) is 4.12. The Hall–Kier alpha value is -1.74. The van der Waals surface area contributed by atoms with E-state index in [-0.39, 0.29) is 0 Å². The van der Waals surface area contributed by atoms with Gasteiger partial charge in [0, 0.05) is 20.8 Å². The molecule has 0 atom stereocenters. The van der Waals surface area contributed by atoms with Crippen LogP contribution >= 0.6 is 15.9 Å². The molecule has 0 bridgehead atoms. The number of H-pyrrole nitrogens is 1. The molecular formula is C14H8BrNO. The van der Waals surface area contributed by atoms with Crippen LogP contribution in [-0.4, -0.2) is 4.98 Å². The minimum Gasteiger partial charge on any atom is -0.440 e. The number of benzene rings is 2. The summed E-state index contributed by atoms with van der Waals surface area (Å²) in [6.07, 6.45) is 0. The maximum atomic E-state index is 5.82. The highest BCUT2D eigenvalue weighted by atomic mass is 79.9. The average Bonchev–Trinajstić information content (AvgIpc) is 2.84. The molecule has 17 heavy (non-hydrogen) atoms. The molecule has 82 valence electrons. The molecule has 3 heteroatoms. The van der Waals surface area contributed by atoms with Gasteiger partial charge in [0.2, 0.25) is 5.71 Å². The Morgan fingerprint density at radius 1 is 1.00 bits per heavy atom. The monoisotopic (exact) mass is 285 g/mol. The summed E-state index contributed by atoms with van der Waals surface area (Å²) in [6.45, 7) is 0. The number of halogens is 1. The number of para-hydroxylation sites is 1. The third kappa shape index (κ3) is 1.20. The number of hydrogen-bond acceptors (Lipinski definition) is 1. The highest BCUT2D eigenvalue weighted by Crippen LogP contribution is 2.35. The molecule has 0 amide bonds. The summed E-state index contributed by atoms with van der Waals surface area (Å²) in [5.74, 6) is 0. The number of fused-ring (bicyclic) bond motifs is 5. The first kappa shape index (κ1) is 9.31. The van der Waals surface area contributed by atoms with Crippen LogP contribution in [0.1, 0.15) is 0 Å². The fourth-order valence-electron chi connectivity index (χ4n) is 2.36. The summed E-state index contributed by atoms with van der Waals surface area (Å²) in [5, 5.41) is 3.52. The second kappa shape index (κ2) is 3.14. The van der Waals surface area contributed by atoms with Crippen LogP contribution in [0.3, 0.4) is 0 Å². The van der Waals surface area contributed by atoms with E-state index < -0.39 is 0 Å². The van der Waals surface area contributed by atoms with Crippen molar-refractivity contribution in [1.29, 1.82) is 0 Å².